The second kappa shape index (κ2) is 6.43. The number of piperidine rings is 1. The van der Waals surface area contributed by atoms with Crippen LogP contribution in [0.15, 0.2) is 18.3 Å². The van der Waals surface area contributed by atoms with Crippen LogP contribution in [0.1, 0.15) is 18.4 Å². The second-order valence-corrected chi connectivity index (χ2v) is 4.09. The molecule has 0 aliphatic carbocycles. The molecule has 0 amide bonds. The smallest absolute Gasteiger partial charge is 0.129 e. The van der Waals surface area contributed by atoms with E-state index >= 15 is 0 Å². The van der Waals surface area contributed by atoms with E-state index in [0.29, 0.717) is 11.6 Å². The maximum atomic E-state index is 8.85. The molecule has 1 fully saturated rings. The van der Waals surface area contributed by atoms with Crippen molar-refractivity contribution in [3.8, 4) is 6.07 Å². The first-order chi connectivity index (χ1) is 7.83. The first-order valence-corrected chi connectivity index (χ1v) is 5.62. The number of pyridine rings is 1. The number of aromatic nitrogens is 1. The number of hydrogen-bond donors (Lipinski definition) is 1. The van der Waals surface area contributed by atoms with E-state index in [4.69, 9.17) is 5.26 Å². The first-order valence-electron chi connectivity index (χ1n) is 5.62. The monoisotopic (exact) mass is 252 g/mol. The van der Waals surface area contributed by atoms with Gasteiger partial charge in [-0.3, -0.25) is 0 Å². The third kappa shape index (κ3) is 3.32. The SMILES string of the molecule is CNC1CCCN(c2cc(C#N)ccn2)C1.Cl. The molecule has 2 rings (SSSR count). The van der Waals surface area contributed by atoms with Crippen LogP contribution in [0.25, 0.3) is 0 Å². The zero-order valence-corrected chi connectivity index (χ0v) is 10.7. The van der Waals surface area contributed by atoms with Crippen LogP contribution in [-0.4, -0.2) is 31.2 Å². The summed E-state index contributed by atoms with van der Waals surface area (Å²) in [5.41, 5.74) is 0.677. The molecular formula is C12H17ClN4. The summed E-state index contributed by atoms with van der Waals surface area (Å²) in [4.78, 5) is 6.57. The summed E-state index contributed by atoms with van der Waals surface area (Å²) < 4.78 is 0. The average molecular weight is 253 g/mol. The van der Waals surface area contributed by atoms with Gasteiger partial charge in [0.25, 0.3) is 0 Å². The van der Waals surface area contributed by atoms with Crippen LogP contribution in [0.4, 0.5) is 5.82 Å². The molecular weight excluding hydrogens is 236 g/mol. The number of nitrogens with zero attached hydrogens (tertiary/aromatic N) is 3. The third-order valence-electron chi connectivity index (χ3n) is 3.03. The van der Waals surface area contributed by atoms with Gasteiger partial charge in [-0.2, -0.15) is 5.26 Å². The number of halogens is 1. The summed E-state index contributed by atoms with van der Waals surface area (Å²) in [6.07, 6.45) is 4.09. The second-order valence-electron chi connectivity index (χ2n) is 4.09. The van der Waals surface area contributed by atoms with Gasteiger partial charge in [-0.25, -0.2) is 4.98 Å². The van der Waals surface area contributed by atoms with Gasteiger partial charge >= 0.3 is 0 Å². The van der Waals surface area contributed by atoms with Gasteiger partial charge < -0.3 is 10.2 Å². The lowest BCUT2D eigenvalue weighted by atomic mass is 10.1. The largest absolute Gasteiger partial charge is 0.355 e. The summed E-state index contributed by atoms with van der Waals surface area (Å²) in [6.45, 7) is 2.00. The Balaban J connectivity index is 0.00000144. The summed E-state index contributed by atoms with van der Waals surface area (Å²) >= 11 is 0. The summed E-state index contributed by atoms with van der Waals surface area (Å²) in [5, 5.41) is 12.1. The molecule has 1 aliphatic rings. The van der Waals surface area contributed by atoms with Gasteiger partial charge in [0, 0.05) is 25.3 Å². The van der Waals surface area contributed by atoms with Crippen molar-refractivity contribution in [3.05, 3.63) is 23.9 Å². The molecule has 1 aromatic heterocycles. The zero-order valence-electron chi connectivity index (χ0n) is 9.89. The van der Waals surface area contributed by atoms with Crippen molar-refractivity contribution in [1.82, 2.24) is 10.3 Å². The number of likely N-dealkylation sites (N-methyl/N-ethyl adjacent to an activating group) is 1. The maximum absolute atomic E-state index is 8.85. The van der Waals surface area contributed by atoms with Gasteiger partial charge in [-0.05, 0) is 32.0 Å². The lowest BCUT2D eigenvalue weighted by Gasteiger charge is -2.33. The molecule has 1 saturated heterocycles. The fourth-order valence-electron chi connectivity index (χ4n) is 2.08. The van der Waals surface area contributed by atoms with E-state index in [1.54, 1.807) is 12.3 Å². The Labute approximate surface area is 108 Å². The Morgan fingerprint density at radius 2 is 2.41 bits per heavy atom. The highest BCUT2D eigenvalue weighted by Gasteiger charge is 2.19. The molecule has 5 heteroatoms. The van der Waals surface area contributed by atoms with Crippen LogP contribution < -0.4 is 10.2 Å². The van der Waals surface area contributed by atoms with Gasteiger partial charge in [-0.15, -0.1) is 12.4 Å². The van der Waals surface area contributed by atoms with Crippen LogP contribution in [0.5, 0.6) is 0 Å². The van der Waals surface area contributed by atoms with E-state index in [-0.39, 0.29) is 12.4 Å². The molecule has 2 heterocycles. The van der Waals surface area contributed by atoms with Crippen molar-refractivity contribution in [2.75, 3.05) is 25.0 Å². The molecule has 4 nitrogen and oxygen atoms in total. The molecule has 0 saturated carbocycles. The predicted molar refractivity (Wildman–Crippen MR) is 70.5 cm³/mol. The van der Waals surface area contributed by atoms with E-state index < -0.39 is 0 Å². The normalized spacial score (nSPS) is 19.3. The van der Waals surface area contributed by atoms with E-state index in [0.717, 1.165) is 18.9 Å². The van der Waals surface area contributed by atoms with Crippen molar-refractivity contribution >= 4 is 18.2 Å². The molecule has 0 aromatic carbocycles. The number of nitriles is 1. The van der Waals surface area contributed by atoms with Crippen LogP contribution in [-0.2, 0) is 0 Å². The van der Waals surface area contributed by atoms with E-state index in [2.05, 4.69) is 21.3 Å². The molecule has 1 N–H and O–H groups in total. The van der Waals surface area contributed by atoms with E-state index in [1.165, 1.54) is 12.8 Å². The number of nitrogens with one attached hydrogen (secondary N) is 1. The molecule has 1 aromatic rings. The number of anilines is 1. The van der Waals surface area contributed by atoms with E-state index in [1.807, 2.05) is 13.1 Å². The minimum atomic E-state index is 0. The Bertz CT molecular complexity index is 402. The van der Waals surface area contributed by atoms with Crippen molar-refractivity contribution in [3.63, 3.8) is 0 Å². The van der Waals surface area contributed by atoms with E-state index in [9.17, 15) is 0 Å². The Morgan fingerprint density at radius 3 is 3.12 bits per heavy atom. The highest BCUT2D eigenvalue weighted by Crippen LogP contribution is 2.18. The predicted octanol–water partition coefficient (Wildman–Crippen LogP) is 1.56. The minimum absolute atomic E-state index is 0. The van der Waals surface area contributed by atoms with Crippen LogP contribution in [0, 0.1) is 11.3 Å². The highest BCUT2D eigenvalue weighted by atomic mass is 35.5. The Hall–Kier alpha value is -1.31. The van der Waals surface area contributed by atoms with Crippen LogP contribution >= 0.6 is 12.4 Å². The van der Waals surface area contributed by atoms with Crippen molar-refractivity contribution in [2.24, 2.45) is 0 Å². The Morgan fingerprint density at radius 1 is 1.59 bits per heavy atom. The van der Waals surface area contributed by atoms with Crippen molar-refractivity contribution < 1.29 is 0 Å². The van der Waals surface area contributed by atoms with Gasteiger partial charge in [-0.1, -0.05) is 0 Å². The molecule has 0 spiro atoms. The first kappa shape index (κ1) is 13.8. The van der Waals surface area contributed by atoms with Gasteiger partial charge in [0.2, 0.25) is 0 Å². The molecule has 0 bridgehead atoms. The minimum Gasteiger partial charge on any atom is -0.355 e. The molecule has 1 unspecified atom stereocenters. The molecule has 0 radical (unpaired) electrons. The summed E-state index contributed by atoms with van der Waals surface area (Å²) in [7, 11) is 1.99. The maximum Gasteiger partial charge on any atom is 0.129 e. The molecule has 17 heavy (non-hydrogen) atoms. The molecule has 92 valence electrons. The highest BCUT2D eigenvalue weighted by molar-refractivity contribution is 5.85. The topological polar surface area (TPSA) is 52.0 Å². The summed E-state index contributed by atoms with van der Waals surface area (Å²) in [5.74, 6) is 0.916. The van der Waals surface area contributed by atoms with Crippen molar-refractivity contribution in [1.29, 1.82) is 5.26 Å². The number of hydrogen-bond acceptors (Lipinski definition) is 4. The Kier molecular flexibility index (Phi) is 5.20. The fourth-order valence-corrected chi connectivity index (χ4v) is 2.08. The van der Waals surface area contributed by atoms with Gasteiger partial charge in [0.15, 0.2) is 0 Å². The summed E-state index contributed by atoms with van der Waals surface area (Å²) in [6, 6.07) is 6.28. The fraction of sp³-hybridized carbons (Fsp3) is 0.500. The standard InChI is InChI=1S/C12H16N4.ClH/c1-14-11-3-2-6-16(9-11)12-7-10(8-13)4-5-15-12;/h4-5,7,11,14H,2-3,6,9H2,1H3;1H. The average Bonchev–Trinajstić information content (AvgIpc) is 2.39. The lowest BCUT2D eigenvalue weighted by Crippen LogP contribution is -2.44. The van der Waals surface area contributed by atoms with Gasteiger partial charge in [0.05, 0.1) is 11.6 Å². The van der Waals surface area contributed by atoms with Gasteiger partial charge in [0.1, 0.15) is 5.82 Å². The lowest BCUT2D eigenvalue weighted by molar-refractivity contribution is 0.447. The van der Waals surface area contributed by atoms with Crippen molar-refractivity contribution in [2.45, 2.75) is 18.9 Å². The zero-order chi connectivity index (χ0) is 11.4. The quantitative estimate of drug-likeness (QED) is 0.868. The van der Waals surface area contributed by atoms with Crippen LogP contribution in [0.3, 0.4) is 0 Å². The third-order valence-corrected chi connectivity index (χ3v) is 3.03. The molecule has 1 atom stereocenters. The van der Waals surface area contributed by atoms with Crippen LogP contribution in [0.2, 0.25) is 0 Å². The number of rotatable bonds is 2. The molecule has 1 aliphatic heterocycles.